The predicted molar refractivity (Wildman–Crippen MR) is 78.7 cm³/mol. The molecule has 106 valence electrons. The summed E-state index contributed by atoms with van der Waals surface area (Å²) >= 11 is 0. The normalized spacial score (nSPS) is 23.5. The van der Waals surface area contributed by atoms with Gasteiger partial charge in [0.05, 0.1) is 0 Å². The monoisotopic (exact) mass is 263 g/mol. The Hall–Kier alpha value is -0.890. The van der Waals surface area contributed by atoms with Crippen molar-refractivity contribution in [2.24, 2.45) is 11.8 Å². The molecule has 0 amide bonds. The summed E-state index contributed by atoms with van der Waals surface area (Å²) in [4.78, 5) is 0. The van der Waals surface area contributed by atoms with Crippen LogP contribution in [0.5, 0.6) is 0 Å². The minimum absolute atomic E-state index is 0.103. The SMILES string of the molecule is CCCNCC1CCCCC1Cc1cccc(F)c1. The van der Waals surface area contributed by atoms with Crippen molar-refractivity contribution < 1.29 is 4.39 Å². The first kappa shape index (κ1) is 14.5. The fourth-order valence-corrected chi connectivity index (χ4v) is 3.25. The predicted octanol–water partition coefficient (Wildman–Crippen LogP) is 4.17. The van der Waals surface area contributed by atoms with Gasteiger partial charge in [0.1, 0.15) is 5.82 Å². The van der Waals surface area contributed by atoms with Crippen LogP contribution in [0.4, 0.5) is 4.39 Å². The number of halogens is 1. The summed E-state index contributed by atoms with van der Waals surface area (Å²) in [7, 11) is 0. The van der Waals surface area contributed by atoms with Crippen LogP contribution in [-0.2, 0) is 6.42 Å². The second kappa shape index (κ2) is 7.64. The molecular weight excluding hydrogens is 237 g/mol. The molecule has 2 unspecified atom stereocenters. The highest BCUT2D eigenvalue weighted by atomic mass is 19.1. The van der Waals surface area contributed by atoms with Crippen molar-refractivity contribution in [1.29, 1.82) is 0 Å². The van der Waals surface area contributed by atoms with E-state index in [0.717, 1.165) is 36.9 Å². The van der Waals surface area contributed by atoms with Gasteiger partial charge < -0.3 is 5.32 Å². The maximum atomic E-state index is 13.3. The highest BCUT2D eigenvalue weighted by Gasteiger charge is 2.24. The van der Waals surface area contributed by atoms with Gasteiger partial charge in [-0.25, -0.2) is 4.39 Å². The minimum atomic E-state index is -0.103. The molecule has 0 radical (unpaired) electrons. The van der Waals surface area contributed by atoms with Crippen molar-refractivity contribution in [3.8, 4) is 0 Å². The minimum Gasteiger partial charge on any atom is -0.316 e. The molecule has 19 heavy (non-hydrogen) atoms. The molecule has 0 heterocycles. The van der Waals surface area contributed by atoms with Gasteiger partial charge in [-0.05, 0) is 68.3 Å². The Morgan fingerprint density at radius 2 is 2.00 bits per heavy atom. The molecule has 1 N–H and O–H groups in total. The van der Waals surface area contributed by atoms with Crippen LogP contribution >= 0.6 is 0 Å². The number of hydrogen-bond acceptors (Lipinski definition) is 1. The van der Waals surface area contributed by atoms with Gasteiger partial charge in [0, 0.05) is 0 Å². The lowest BCUT2D eigenvalue weighted by Crippen LogP contribution is -2.32. The highest BCUT2D eigenvalue weighted by Crippen LogP contribution is 2.32. The van der Waals surface area contributed by atoms with Gasteiger partial charge >= 0.3 is 0 Å². The Kier molecular flexibility index (Phi) is 5.84. The zero-order valence-electron chi connectivity index (χ0n) is 12.0. The Morgan fingerprint density at radius 3 is 2.74 bits per heavy atom. The lowest BCUT2D eigenvalue weighted by Gasteiger charge is -2.32. The van der Waals surface area contributed by atoms with Crippen molar-refractivity contribution in [3.63, 3.8) is 0 Å². The fourth-order valence-electron chi connectivity index (χ4n) is 3.25. The molecule has 1 aromatic carbocycles. The molecule has 0 saturated heterocycles. The van der Waals surface area contributed by atoms with Crippen molar-refractivity contribution in [1.82, 2.24) is 5.32 Å². The van der Waals surface area contributed by atoms with Crippen LogP contribution in [0.15, 0.2) is 24.3 Å². The molecule has 1 nitrogen and oxygen atoms in total. The molecule has 2 atom stereocenters. The average molecular weight is 263 g/mol. The zero-order chi connectivity index (χ0) is 13.5. The van der Waals surface area contributed by atoms with E-state index in [1.807, 2.05) is 6.07 Å². The van der Waals surface area contributed by atoms with Crippen LogP contribution in [0.1, 0.15) is 44.6 Å². The number of hydrogen-bond donors (Lipinski definition) is 1. The van der Waals surface area contributed by atoms with E-state index < -0.39 is 0 Å². The van der Waals surface area contributed by atoms with Gasteiger partial charge in [-0.15, -0.1) is 0 Å². The Morgan fingerprint density at radius 1 is 1.21 bits per heavy atom. The fraction of sp³-hybridized carbons (Fsp3) is 0.647. The summed E-state index contributed by atoms with van der Waals surface area (Å²) in [6.45, 7) is 4.45. The van der Waals surface area contributed by atoms with Crippen LogP contribution in [-0.4, -0.2) is 13.1 Å². The standard InChI is InChI=1S/C17H26FN/c1-2-10-19-13-16-8-4-3-7-15(16)11-14-6-5-9-17(18)12-14/h5-6,9,12,15-16,19H,2-4,7-8,10-11,13H2,1H3. The van der Waals surface area contributed by atoms with E-state index >= 15 is 0 Å². The van der Waals surface area contributed by atoms with E-state index in [2.05, 4.69) is 18.3 Å². The summed E-state index contributed by atoms with van der Waals surface area (Å²) in [5.74, 6) is 1.39. The first-order valence-electron chi connectivity index (χ1n) is 7.74. The summed E-state index contributed by atoms with van der Waals surface area (Å²) < 4.78 is 13.3. The largest absolute Gasteiger partial charge is 0.316 e. The first-order chi connectivity index (χ1) is 9.29. The summed E-state index contributed by atoms with van der Waals surface area (Å²) in [6.07, 6.45) is 7.56. The zero-order valence-corrected chi connectivity index (χ0v) is 12.0. The highest BCUT2D eigenvalue weighted by molar-refractivity contribution is 5.17. The van der Waals surface area contributed by atoms with Gasteiger partial charge in [-0.1, -0.05) is 31.9 Å². The Bertz CT molecular complexity index is 377. The summed E-state index contributed by atoms with van der Waals surface area (Å²) in [6, 6.07) is 7.13. The quantitative estimate of drug-likeness (QED) is 0.759. The van der Waals surface area contributed by atoms with Crippen molar-refractivity contribution in [2.75, 3.05) is 13.1 Å². The lowest BCUT2D eigenvalue weighted by atomic mass is 9.76. The van der Waals surface area contributed by atoms with E-state index in [1.54, 1.807) is 6.07 Å². The van der Waals surface area contributed by atoms with Crippen molar-refractivity contribution in [3.05, 3.63) is 35.6 Å². The van der Waals surface area contributed by atoms with E-state index in [9.17, 15) is 4.39 Å². The lowest BCUT2D eigenvalue weighted by molar-refractivity contribution is 0.228. The van der Waals surface area contributed by atoms with Crippen LogP contribution in [0.3, 0.4) is 0 Å². The molecular formula is C17H26FN. The molecule has 0 aromatic heterocycles. The molecule has 0 aliphatic heterocycles. The van der Waals surface area contributed by atoms with Crippen molar-refractivity contribution in [2.45, 2.75) is 45.4 Å². The molecule has 1 fully saturated rings. The smallest absolute Gasteiger partial charge is 0.123 e. The van der Waals surface area contributed by atoms with Gasteiger partial charge in [-0.3, -0.25) is 0 Å². The molecule has 0 spiro atoms. The summed E-state index contributed by atoms with van der Waals surface area (Å²) in [5.41, 5.74) is 1.16. The molecule has 1 aliphatic carbocycles. The third-order valence-corrected chi connectivity index (χ3v) is 4.29. The average Bonchev–Trinajstić information content (AvgIpc) is 2.41. The molecule has 1 aromatic rings. The van der Waals surface area contributed by atoms with E-state index in [-0.39, 0.29) is 5.82 Å². The molecule has 2 rings (SSSR count). The van der Waals surface area contributed by atoms with E-state index in [4.69, 9.17) is 0 Å². The van der Waals surface area contributed by atoms with Gasteiger partial charge in [0.15, 0.2) is 0 Å². The second-order valence-corrected chi connectivity index (χ2v) is 5.84. The third kappa shape index (κ3) is 4.61. The molecule has 1 saturated carbocycles. The molecule has 0 bridgehead atoms. The maximum Gasteiger partial charge on any atom is 0.123 e. The van der Waals surface area contributed by atoms with Crippen molar-refractivity contribution >= 4 is 0 Å². The van der Waals surface area contributed by atoms with Gasteiger partial charge in [-0.2, -0.15) is 0 Å². The Labute approximate surface area is 116 Å². The topological polar surface area (TPSA) is 12.0 Å². The van der Waals surface area contributed by atoms with Gasteiger partial charge in [0.25, 0.3) is 0 Å². The molecule has 2 heteroatoms. The van der Waals surface area contributed by atoms with Crippen LogP contribution in [0.2, 0.25) is 0 Å². The third-order valence-electron chi connectivity index (χ3n) is 4.29. The molecule has 1 aliphatic rings. The van der Waals surface area contributed by atoms with Gasteiger partial charge in [0.2, 0.25) is 0 Å². The van der Waals surface area contributed by atoms with Crippen LogP contribution < -0.4 is 5.32 Å². The van der Waals surface area contributed by atoms with Crippen LogP contribution in [0, 0.1) is 17.7 Å². The summed E-state index contributed by atoms with van der Waals surface area (Å²) in [5, 5.41) is 3.56. The second-order valence-electron chi connectivity index (χ2n) is 5.84. The Balaban J connectivity index is 1.91. The maximum absolute atomic E-state index is 13.3. The number of benzene rings is 1. The van der Waals surface area contributed by atoms with E-state index in [0.29, 0.717) is 0 Å². The van der Waals surface area contributed by atoms with Crippen LogP contribution in [0.25, 0.3) is 0 Å². The van der Waals surface area contributed by atoms with E-state index in [1.165, 1.54) is 38.2 Å². The number of nitrogens with one attached hydrogen (secondary N) is 1. The number of rotatable bonds is 6. The first-order valence-corrected chi connectivity index (χ1v) is 7.74.